The van der Waals surface area contributed by atoms with Crippen molar-refractivity contribution in [3.8, 4) is 11.8 Å². The minimum atomic E-state index is -0.0619. The highest BCUT2D eigenvalue weighted by Gasteiger charge is 2.56. The molecule has 2 fully saturated rings. The summed E-state index contributed by atoms with van der Waals surface area (Å²) in [4.78, 5) is 12.6. The van der Waals surface area contributed by atoms with Gasteiger partial charge in [0.05, 0.1) is 5.56 Å². The number of carbonyl (C=O) groups excluding carboxylic acids is 1. The molecule has 0 aliphatic heterocycles. The van der Waals surface area contributed by atoms with Crippen LogP contribution in [0.2, 0.25) is 0 Å². The zero-order valence-electron chi connectivity index (χ0n) is 13.6. The summed E-state index contributed by atoms with van der Waals surface area (Å²) in [7, 11) is 0. The van der Waals surface area contributed by atoms with E-state index in [1.807, 2.05) is 6.07 Å². The van der Waals surface area contributed by atoms with Crippen LogP contribution < -0.4 is 0 Å². The van der Waals surface area contributed by atoms with E-state index in [2.05, 4.69) is 13.0 Å². The molecule has 0 unspecified atom stereocenters. The molecule has 0 saturated heterocycles. The Morgan fingerprint density at radius 3 is 2.87 bits per heavy atom. The lowest BCUT2D eigenvalue weighted by atomic mass is 9.54. The van der Waals surface area contributed by atoms with Gasteiger partial charge in [-0.15, -0.1) is 0 Å². The lowest BCUT2D eigenvalue weighted by Crippen LogP contribution is -2.44. The molecule has 120 valence electrons. The van der Waals surface area contributed by atoms with E-state index >= 15 is 0 Å². The number of benzene rings is 1. The first-order valence-electron chi connectivity index (χ1n) is 8.90. The number of ketones is 1. The van der Waals surface area contributed by atoms with E-state index in [1.54, 1.807) is 6.07 Å². The van der Waals surface area contributed by atoms with Crippen molar-refractivity contribution in [2.75, 3.05) is 0 Å². The van der Waals surface area contributed by atoms with E-state index in [4.69, 9.17) is 0 Å². The largest absolute Gasteiger partial charge is 0.507 e. The van der Waals surface area contributed by atoms with E-state index < -0.39 is 0 Å². The Hall–Kier alpha value is -1.82. The predicted octanol–water partition coefficient (Wildman–Crippen LogP) is 4.08. The molecule has 3 aliphatic carbocycles. The summed E-state index contributed by atoms with van der Waals surface area (Å²) < 4.78 is 0. The second kappa shape index (κ2) is 5.09. The van der Waals surface area contributed by atoms with Crippen molar-refractivity contribution in [1.82, 2.24) is 0 Å². The van der Waals surface area contributed by atoms with Gasteiger partial charge in [0.25, 0.3) is 0 Å². The molecular formula is C20H23NO2. The number of fused-ring (bicyclic) bond motifs is 5. The number of Topliss-reactive ketones (excluding diaryl/α,β-unsaturated/α-hetero) is 1. The van der Waals surface area contributed by atoms with Crippen LogP contribution in [-0.4, -0.2) is 10.9 Å². The van der Waals surface area contributed by atoms with Crippen molar-refractivity contribution in [1.29, 1.82) is 5.26 Å². The summed E-state index contributed by atoms with van der Waals surface area (Å²) in [6.45, 7) is 2.18. The highest BCUT2D eigenvalue weighted by molar-refractivity contribution is 5.87. The average molecular weight is 309 g/mol. The Labute approximate surface area is 137 Å². The Morgan fingerprint density at radius 1 is 1.30 bits per heavy atom. The summed E-state index contributed by atoms with van der Waals surface area (Å²) in [5, 5.41) is 19.2. The van der Waals surface area contributed by atoms with Crippen LogP contribution in [0.1, 0.15) is 68.1 Å². The predicted molar refractivity (Wildman–Crippen MR) is 87.1 cm³/mol. The van der Waals surface area contributed by atoms with Crippen LogP contribution in [0.15, 0.2) is 12.1 Å². The van der Waals surface area contributed by atoms with E-state index in [1.165, 1.54) is 11.1 Å². The van der Waals surface area contributed by atoms with Gasteiger partial charge in [-0.1, -0.05) is 6.92 Å². The van der Waals surface area contributed by atoms with Gasteiger partial charge in [0, 0.05) is 11.8 Å². The summed E-state index contributed by atoms with van der Waals surface area (Å²) in [6, 6.07) is 5.82. The standard InChI is InChI=1S/C20H23NO2/c1-2-20-8-7-14-15(17(20)5-6-19(20)23)4-3-12-10-18(22)13(11-21)9-16(12)14/h9-10,14-15,17,22H,2-8H2,1H3/t14-,15+,17-,20-/m0/s1. The highest BCUT2D eigenvalue weighted by atomic mass is 16.3. The Kier molecular flexibility index (Phi) is 3.27. The minimum absolute atomic E-state index is 0.0619. The van der Waals surface area contributed by atoms with Crippen molar-refractivity contribution < 1.29 is 9.90 Å². The quantitative estimate of drug-likeness (QED) is 0.850. The van der Waals surface area contributed by atoms with Crippen molar-refractivity contribution >= 4 is 5.78 Å². The monoisotopic (exact) mass is 309 g/mol. The van der Waals surface area contributed by atoms with Gasteiger partial charge >= 0.3 is 0 Å². The second-order valence-electron chi connectivity index (χ2n) is 7.61. The molecule has 2 saturated carbocycles. The van der Waals surface area contributed by atoms with Crippen molar-refractivity contribution in [3.63, 3.8) is 0 Å². The topological polar surface area (TPSA) is 61.1 Å². The lowest BCUT2D eigenvalue weighted by Gasteiger charge is -2.49. The molecule has 0 bridgehead atoms. The molecule has 1 N–H and O–H groups in total. The third-order valence-corrected chi connectivity index (χ3v) is 7.04. The van der Waals surface area contributed by atoms with E-state index in [0.717, 1.165) is 44.9 Å². The van der Waals surface area contributed by atoms with Crippen LogP contribution in [-0.2, 0) is 11.2 Å². The molecule has 0 radical (unpaired) electrons. The van der Waals surface area contributed by atoms with Crippen molar-refractivity contribution in [3.05, 3.63) is 28.8 Å². The van der Waals surface area contributed by atoms with Crippen molar-refractivity contribution in [2.45, 2.75) is 57.8 Å². The SMILES string of the molecule is CC[C@]12CC[C@@H]3c4cc(C#N)c(O)cc4CC[C@H]3[C@@H]1CCC2=O. The normalized spacial score (nSPS) is 35.1. The number of carbonyl (C=O) groups is 1. The number of hydrogen-bond acceptors (Lipinski definition) is 3. The maximum absolute atomic E-state index is 12.6. The molecule has 3 nitrogen and oxygen atoms in total. The number of aryl methyl sites for hydroxylation is 1. The summed E-state index contributed by atoms with van der Waals surface area (Å²) in [5.74, 6) is 2.16. The van der Waals surface area contributed by atoms with E-state index in [-0.39, 0.29) is 11.2 Å². The fourth-order valence-corrected chi connectivity index (χ4v) is 5.92. The first kappa shape index (κ1) is 14.8. The number of phenolic OH excluding ortho intramolecular Hbond substituents is 1. The molecule has 3 heteroatoms. The third-order valence-electron chi connectivity index (χ3n) is 7.04. The van der Waals surface area contributed by atoms with Gasteiger partial charge in [-0.25, -0.2) is 0 Å². The Morgan fingerprint density at radius 2 is 2.13 bits per heavy atom. The van der Waals surface area contributed by atoms with Crippen LogP contribution >= 0.6 is 0 Å². The number of phenols is 1. The van der Waals surface area contributed by atoms with Crippen LogP contribution in [0.25, 0.3) is 0 Å². The van der Waals surface area contributed by atoms with Crippen LogP contribution in [0.4, 0.5) is 0 Å². The van der Waals surface area contributed by atoms with Gasteiger partial charge < -0.3 is 5.11 Å². The molecule has 1 aromatic rings. The zero-order chi connectivity index (χ0) is 16.2. The molecular weight excluding hydrogens is 286 g/mol. The minimum Gasteiger partial charge on any atom is -0.507 e. The van der Waals surface area contributed by atoms with E-state index in [9.17, 15) is 15.2 Å². The first-order chi connectivity index (χ1) is 11.1. The smallest absolute Gasteiger partial charge is 0.139 e. The van der Waals surface area contributed by atoms with Gasteiger partial charge in [-0.2, -0.15) is 5.26 Å². The van der Waals surface area contributed by atoms with Crippen LogP contribution in [0, 0.1) is 28.6 Å². The van der Waals surface area contributed by atoms with Gasteiger partial charge in [0.1, 0.15) is 17.6 Å². The highest BCUT2D eigenvalue weighted by Crippen LogP contribution is 2.61. The fraction of sp³-hybridized carbons (Fsp3) is 0.600. The number of nitriles is 1. The summed E-state index contributed by atoms with van der Waals surface area (Å²) in [6.07, 6.45) is 6.90. The molecule has 0 aromatic heterocycles. The van der Waals surface area contributed by atoms with Crippen molar-refractivity contribution in [2.24, 2.45) is 17.3 Å². The molecule has 0 amide bonds. The molecule has 23 heavy (non-hydrogen) atoms. The maximum atomic E-state index is 12.6. The van der Waals surface area contributed by atoms with E-state index in [0.29, 0.717) is 29.1 Å². The Bertz CT molecular complexity index is 717. The number of hydrogen-bond donors (Lipinski definition) is 1. The molecule has 3 aliphatic rings. The average Bonchev–Trinajstić information content (AvgIpc) is 2.91. The molecule has 1 aromatic carbocycles. The number of rotatable bonds is 1. The van der Waals surface area contributed by atoms with Gasteiger partial charge in [0.2, 0.25) is 0 Å². The number of nitrogens with zero attached hydrogens (tertiary/aromatic N) is 1. The first-order valence-corrected chi connectivity index (χ1v) is 8.90. The molecule has 4 atom stereocenters. The zero-order valence-corrected chi connectivity index (χ0v) is 13.6. The summed E-state index contributed by atoms with van der Waals surface area (Å²) in [5.41, 5.74) is 2.79. The van der Waals surface area contributed by atoms with Crippen LogP contribution in [0.3, 0.4) is 0 Å². The maximum Gasteiger partial charge on any atom is 0.139 e. The molecule has 0 spiro atoms. The Balaban J connectivity index is 1.76. The fourth-order valence-electron chi connectivity index (χ4n) is 5.92. The van der Waals surface area contributed by atoms with Gasteiger partial charge in [-0.3, -0.25) is 4.79 Å². The second-order valence-corrected chi connectivity index (χ2v) is 7.61. The molecule has 4 rings (SSSR count). The summed E-state index contributed by atoms with van der Waals surface area (Å²) >= 11 is 0. The van der Waals surface area contributed by atoms with Crippen LogP contribution in [0.5, 0.6) is 5.75 Å². The lowest BCUT2D eigenvalue weighted by molar-refractivity contribution is -0.131. The molecule has 0 heterocycles. The third kappa shape index (κ3) is 1.90. The number of aromatic hydroxyl groups is 1. The van der Waals surface area contributed by atoms with Gasteiger partial charge in [0.15, 0.2) is 0 Å². The van der Waals surface area contributed by atoms with Gasteiger partial charge in [-0.05, 0) is 79.5 Å².